The van der Waals surface area contributed by atoms with Crippen LogP contribution >= 0.6 is 24.0 Å². The zero-order valence-electron chi connectivity index (χ0n) is 17.6. The number of hydrogen-bond acceptors (Lipinski definition) is 2. The lowest BCUT2D eigenvalue weighted by atomic mass is 9.93. The molecule has 1 aliphatic heterocycles. The highest BCUT2D eigenvalue weighted by atomic mass is 127. The van der Waals surface area contributed by atoms with Crippen LogP contribution in [0.5, 0.6) is 0 Å². The summed E-state index contributed by atoms with van der Waals surface area (Å²) in [6, 6.07) is 6.48. The maximum Gasteiger partial charge on any atom is 0.190 e. The van der Waals surface area contributed by atoms with Gasteiger partial charge in [0.1, 0.15) is 0 Å². The van der Waals surface area contributed by atoms with Crippen molar-refractivity contribution in [2.75, 3.05) is 39.8 Å². The standard InChI is InChI=1S/C22H35N5.HI/c1-4-27-14-10-18(11-15-27)8-12-24-22(23-3)25-13-9-19-16-26-21-17(2)6-5-7-20(19)21;/h5-7,16,18,26H,4,8-15H2,1-3H3,(H2,23,24,25);1H. The Morgan fingerprint density at radius 3 is 2.68 bits per heavy atom. The van der Waals surface area contributed by atoms with Gasteiger partial charge in [-0.2, -0.15) is 0 Å². The molecular weight excluding hydrogens is 461 g/mol. The van der Waals surface area contributed by atoms with Crippen molar-refractivity contribution in [3.05, 3.63) is 35.5 Å². The van der Waals surface area contributed by atoms with Crippen molar-refractivity contribution >= 4 is 40.8 Å². The largest absolute Gasteiger partial charge is 0.361 e. The van der Waals surface area contributed by atoms with Gasteiger partial charge in [0.25, 0.3) is 0 Å². The minimum atomic E-state index is 0. The van der Waals surface area contributed by atoms with E-state index in [1.165, 1.54) is 60.9 Å². The number of nitrogens with zero attached hydrogens (tertiary/aromatic N) is 2. The van der Waals surface area contributed by atoms with E-state index >= 15 is 0 Å². The second kappa shape index (κ2) is 11.7. The van der Waals surface area contributed by atoms with Crippen LogP contribution < -0.4 is 10.6 Å². The monoisotopic (exact) mass is 497 g/mol. The Labute approximate surface area is 186 Å². The molecule has 1 aromatic carbocycles. The summed E-state index contributed by atoms with van der Waals surface area (Å²) in [5.41, 5.74) is 3.91. The molecule has 1 fully saturated rings. The Balaban J connectivity index is 0.00000280. The van der Waals surface area contributed by atoms with Crippen molar-refractivity contribution in [1.82, 2.24) is 20.5 Å². The predicted molar refractivity (Wildman–Crippen MR) is 131 cm³/mol. The molecule has 28 heavy (non-hydrogen) atoms. The van der Waals surface area contributed by atoms with Crippen molar-refractivity contribution in [1.29, 1.82) is 0 Å². The van der Waals surface area contributed by atoms with Gasteiger partial charge in [-0.05, 0) is 69.3 Å². The normalized spacial score (nSPS) is 16.2. The molecule has 1 aliphatic rings. The van der Waals surface area contributed by atoms with Crippen LogP contribution in [0.25, 0.3) is 10.9 Å². The smallest absolute Gasteiger partial charge is 0.190 e. The Bertz CT molecular complexity index is 746. The first-order valence-electron chi connectivity index (χ1n) is 10.4. The van der Waals surface area contributed by atoms with Crippen LogP contribution in [0, 0.1) is 12.8 Å². The third kappa shape index (κ3) is 6.11. The van der Waals surface area contributed by atoms with Gasteiger partial charge in [0.15, 0.2) is 5.96 Å². The fourth-order valence-electron chi connectivity index (χ4n) is 4.09. The van der Waals surface area contributed by atoms with E-state index < -0.39 is 0 Å². The molecule has 0 radical (unpaired) electrons. The van der Waals surface area contributed by atoms with E-state index in [2.05, 4.69) is 63.8 Å². The van der Waals surface area contributed by atoms with Crippen LogP contribution in [0.15, 0.2) is 29.4 Å². The molecule has 3 N–H and O–H groups in total. The average molecular weight is 497 g/mol. The fourth-order valence-corrected chi connectivity index (χ4v) is 4.09. The number of piperidine rings is 1. The number of aromatic nitrogens is 1. The molecule has 3 rings (SSSR count). The van der Waals surface area contributed by atoms with Crippen LogP contribution in [-0.4, -0.2) is 55.6 Å². The van der Waals surface area contributed by atoms with Crippen LogP contribution in [0.1, 0.15) is 37.3 Å². The molecule has 1 saturated heterocycles. The summed E-state index contributed by atoms with van der Waals surface area (Å²) in [4.78, 5) is 10.3. The highest BCUT2D eigenvalue weighted by molar-refractivity contribution is 14.0. The van der Waals surface area contributed by atoms with Crippen molar-refractivity contribution in [3.63, 3.8) is 0 Å². The molecule has 0 amide bonds. The van der Waals surface area contributed by atoms with Gasteiger partial charge >= 0.3 is 0 Å². The number of rotatable bonds is 7. The van der Waals surface area contributed by atoms with Gasteiger partial charge in [0.2, 0.25) is 0 Å². The molecular formula is C22H36IN5. The lowest BCUT2D eigenvalue weighted by Gasteiger charge is -2.31. The van der Waals surface area contributed by atoms with Gasteiger partial charge in [-0.1, -0.05) is 25.1 Å². The molecule has 0 atom stereocenters. The van der Waals surface area contributed by atoms with E-state index in [1.807, 2.05) is 7.05 Å². The number of halogens is 1. The quantitative estimate of drug-likeness (QED) is 0.309. The second-order valence-electron chi connectivity index (χ2n) is 7.65. The number of nitrogens with one attached hydrogen (secondary N) is 3. The maximum absolute atomic E-state index is 4.37. The van der Waals surface area contributed by atoms with E-state index in [-0.39, 0.29) is 24.0 Å². The molecule has 6 heteroatoms. The van der Waals surface area contributed by atoms with E-state index in [0.717, 1.165) is 31.4 Å². The maximum atomic E-state index is 4.37. The van der Waals surface area contributed by atoms with E-state index in [4.69, 9.17) is 0 Å². The third-order valence-electron chi connectivity index (χ3n) is 5.92. The highest BCUT2D eigenvalue weighted by Gasteiger charge is 2.17. The number of likely N-dealkylation sites (tertiary alicyclic amines) is 1. The number of fused-ring (bicyclic) bond motifs is 1. The number of aryl methyl sites for hydroxylation is 1. The fraction of sp³-hybridized carbons (Fsp3) is 0.591. The molecule has 0 unspecified atom stereocenters. The van der Waals surface area contributed by atoms with Crippen molar-refractivity contribution in [2.24, 2.45) is 10.9 Å². The molecule has 0 bridgehead atoms. The van der Waals surface area contributed by atoms with Gasteiger partial charge in [-0.25, -0.2) is 0 Å². The number of hydrogen-bond donors (Lipinski definition) is 3. The molecule has 2 aromatic rings. The third-order valence-corrected chi connectivity index (χ3v) is 5.92. The molecule has 5 nitrogen and oxygen atoms in total. The summed E-state index contributed by atoms with van der Waals surface area (Å²) >= 11 is 0. The topological polar surface area (TPSA) is 55.4 Å². The SMILES string of the molecule is CCN1CCC(CCNC(=NC)NCCc2c[nH]c3c(C)cccc23)CC1.I. The van der Waals surface area contributed by atoms with Gasteiger partial charge in [-0.15, -0.1) is 24.0 Å². The Morgan fingerprint density at radius 2 is 1.96 bits per heavy atom. The lowest BCUT2D eigenvalue weighted by molar-refractivity contribution is 0.187. The first-order chi connectivity index (χ1) is 13.2. The number of benzene rings is 1. The van der Waals surface area contributed by atoms with Crippen LogP contribution in [0.2, 0.25) is 0 Å². The Morgan fingerprint density at radius 1 is 1.21 bits per heavy atom. The molecule has 0 saturated carbocycles. The molecule has 0 spiro atoms. The summed E-state index contributed by atoms with van der Waals surface area (Å²) in [5.74, 6) is 1.77. The number of H-pyrrole nitrogens is 1. The number of aromatic amines is 1. The van der Waals surface area contributed by atoms with Gasteiger partial charge in [0, 0.05) is 37.2 Å². The number of guanidine groups is 1. The van der Waals surface area contributed by atoms with E-state index in [9.17, 15) is 0 Å². The zero-order valence-corrected chi connectivity index (χ0v) is 19.9. The van der Waals surface area contributed by atoms with Crippen LogP contribution in [0.4, 0.5) is 0 Å². The summed E-state index contributed by atoms with van der Waals surface area (Å²) in [5, 5.41) is 8.28. The predicted octanol–water partition coefficient (Wildman–Crippen LogP) is 3.92. The summed E-state index contributed by atoms with van der Waals surface area (Å²) in [6.45, 7) is 10.0. The minimum absolute atomic E-state index is 0. The average Bonchev–Trinajstić information content (AvgIpc) is 3.12. The van der Waals surface area contributed by atoms with E-state index in [1.54, 1.807) is 0 Å². The van der Waals surface area contributed by atoms with Gasteiger partial charge < -0.3 is 20.5 Å². The summed E-state index contributed by atoms with van der Waals surface area (Å²) < 4.78 is 0. The summed E-state index contributed by atoms with van der Waals surface area (Å²) in [6.07, 6.45) is 7.03. The lowest BCUT2D eigenvalue weighted by Crippen LogP contribution is -2.40. The highest BCUT2D eigenvalue weighted by Crippen LogP contribution is 2.21. The van der Waals surface area contributed by atoms with Crippen molar-refractivity contribution in [2.45, 2.75) is 39.5 Å². The molecule has 2 heterocycles. The minimum Gasteiger partial charge on any atom is -0.361 e. The first-order valence-corrected chi connectivity index (χ1v) is 10.4. The Kier molecular flexibility index (Phi) is 9.58. The second-order valence-corrected chi connectivity index (χ2v) is 7.65. The number of para-hydroxylation sites is 1. The zero-order chi connectivity index (χ0) is 19.1. The number of aliphatic imine (C=N–C) groups is 1. The summed E-state index contributed by atoms with van der Waals surface area (Å²) in [7, 11) is 1.85. The van der Waals surface area contributed by atoms with Crippen LogP contribution in [0.3, 0.4) is 0 Å². The van der Waals surface area contributed by atoms with Crippen LogP contribution in [-0.2, 0) is 6.42 Å². The van der Waals surface area contributed by atoms with Gasteiger partial charge in [0.05, 0.1) is 0 Å². The molecule has 0 aliphatic carbocycles. The molecule has 1 aromatic heterocycles. The van der Waals surface area contributed by atoms with E-state index in [0.29, 0.717) is 0 Å². The Hall–Kier alpha value is -1.28. The van der Waals surface area contributed by atoms with Gasteiger partial charge in [-0.3, -0.25) is 4.99 Å². The first kappa shape index (κ1) is 23.0. The van der Waals surface area contributed by atoms with Crippen molar-refractivity contribution in [3.8, 4) is 0 Å². The molecule has 156 valence electrons. The van der Waals surface area contributed by atoms with Crippen molar-refractivity contribution < 1.29 is 0 Å².